The van der Waals surface area contributed by atoms with Crippen LogP contribution in [0.25, 0.3) is 5.57 Å². The SMILES string of the molecule is C=C/C=C\C1=C(C)C2CCCCc3cccc1c32. The van der Waals surface area contributed by atoms with Gasteiger partial charge in [-0.1, -0.05) is 55.0 Å². The van der Waals surface area contributed by atoms with E-state index < -0.39 is 0 Å². The van der Waals surface area contributed by atoms with Gasteiger partial charge in [-0.15, -0.1) is 0 Å². The molecule has 0 aliphatic heterocycles. The molecule has 0 saturated carbocycles. The van der Waals surface area contributed by atoms with Crippen LogP contribution in [0.1, 0.15) is 48.8 Å². The van der Waals surface area contributed by atoms with Crippen LogP contribution in [0.15, 0.2) is 48.6 Å². The van der Waals surface area contributed by atoms with Crippen molar-refractivity contribution in [1.82, 2.24) is 0 Å². The second kappa shape index (κ2) is 4.61. The molecule has 3 rings (SSSR count). The molecule has 1 aromatic carbocycles. The zero-order valence-electron chi connectivity index (χ0n) is 11.1. The Labute approximate surface area is 110 Å². The van der Waals surface area contributed by atoms with Crippen LogP contribution < -0.4 is 0 Å². The molecule has 0 spiro atoms. The minimum absolute atomic E-state index is 0.670. The summed E-state index contributed by atoms with van der Waals surface area (Å²) in [6, 6.07) is 6.83. The van der Waals surface area contributed by atoms with Gasteiger partial charge in [0.2, 0.25) is 0 Å². The average molecular weight is 236 g/mol. The minimum Gasteiger partial charge on any atom is -0.0991 e. The third kappa shape index (κ3) is 1.68. The van der Waals surface area contributed by atoms with E-state index in [0.717, 1.165) is 0 Å². The summed E-state index contributed by atoms with van der Waals surface area (Å²) in [6.45, 7) is 6.09. The van der Waals surface area contributed by atoms with Crippen LogP contribution in [-0.4, -0.2) is 0 Å². The van der Waals surface area contributed by atoms with Gasteiger partial charge >= 0.3 is 0 Å². The topological polar surface area (TPSA) is 0 Å². The van der Waals surface area contributed by atoms with Gasteiger partial charge in [-0.2, -0.15) is 0 Å². The van der Waals surface area contributed by atoms with E-state index in [9.17, 15) is 0 Å². The molecule has 0 heteroatoms. The molecule has 1 atom stereocenters. The molecule has 2 aliphatic rings. The lowest BCUT2D eigenvalue weighted by Crippen LogP contribution is -1.97. The van der Waals surface area contributed by atoms with Crippen molar-refractivity contribution in [3.63, 3.8) is 0 Å². The first-order valence-electron chi connectivity index (χ1n) is 6.95. The molecule has 0 aromatic heterocycles. The van der Waals surface area contributed by atoms with E-state index in [0.29, 0.717) is 5.92 Å². The Morgan fingerprint density at radius 3 is 3.00 bits per heavy atom. The third-order valence-corrected chi connectivity index (χ3v) is 4.37. The van der Waals surface area contributed by atoms with Crippen LogP contribution in [0.2, 0.25) is 0 Å². The summed E-state index contributed by atoms with van der Waals surface area (Å²) in [5.41, 5.74) is 7.65. The molecule has 0 bridgehead atoms. The Bertz CT molecular complexity index is 543. The molecule has 0 heterocycles. The standard InChI is InChI=1S/C18H20/c1-3-4-10-15-13(2)16-11-6-5-8-14-9-7-12-17(15)18(14)16/h3-4,7,9-10,12,16H,1,5-6,8,11H2,2H3/b10-4-. The van der Waals surface area contributed by atoms with Gasteiger partial charge in [-0.3, -0.25) is 0 Å². The molecule has 18 heavy (non-hydrogen) atoms. The second-order valence-corrected chi connectivity index (χ2v) is 5.37. The van der Waals surface area contributed by atoms with E-state index in [1.807, 2.05) is 6.08 Å². The Morgan fingerprint density at radius 1 is 1.28 bits per heavy atom. The second-order valence-electron chi connectivity index (χ2n) is 5.37. The minimum atomic E-state index is 0.670. The van der Waals surface area contributed by atoms with Crippen molar-refractivity contribution in [2.75, 3.05) is 0 Å². The Morgan fingerprint density at radius 2 is 2.17 bits per heavy atom. The predicted molar refractivity (Wildman–Crippen MR) is 78.7 cm³/mol. The number of aryl methyl sites for hydroxylation is 1. The van der Waals surface area contributed by atoms with E-state index in [2.05, 4.69) is 43.9 Å². The Hall–Kier alpha value is -1.56. The van der Waals surface area contributed by atoms with Gasteiger partial charge in [0.05, 0.1) is 0 Å². The lowest BCUT2D eigenvalue weighted by molar-refractivity contribution is 0.657. The number of hydrogen-bond donors (Lipinski definition) is 0. The normalized spacial score (nSPS) is 22.2. The Kier molecular flexibility index (Phi) is 2.95. The van der Waals surface area contributed by atoms with Crippen molar-refractivity contribution in [2.45, 2.75) is 38.5 Å². The molecule has 0 fully saturated rings. The number of rotatable bonds is 2. The fraction of sp³-hybridized carbons (Fsp3) is 0.333. The van der Waals surface area contributed by atoms with Gasteiger partial charge in [-0.25, -0.2) is 0 Å². The van der Waals surface area contributed by atoms with E-state index in [1.54, 1.807) is 16.7 Å². The highest BCUT2D eigenvalue weighted by atomic mass is 14.3. The van der Waals surface area contributed by atoms with Crippen molar-refractivity contribution in [3.05, 3.63) is 65.3 Å². The quantitative estimate of drug-likeness (QED) is 0.632. The predicted octanol–water partition coefficient (Wildman–Crippen LogP) is 5.03. The van der Waals surface area contributed by atoms with Gasteiger partial charge in [0, 0.05) is 5.92 Å². The number of allylic oxidation sites excluding steroid dienone is 5. The van der Waals surface area contributed by atoms with E-state index in [4.69, 9.17) is 0 Å². The van der Waals surface area contributed by atoms with Crippen molar-refractivity contribution in [3.8, 4) is 0 Å². The first-order valence-corrected chi connectivity index (χ1v) is 6.95. The fourth-order valence-corrected chi connectivity index (χ4v) is 3.50. The summed E-state index contributed by atoms with van der Waals surface area (Å²) >= 11 is 0. The van der Waals surface area contributed by atoms with Gasteiger partial charge in [0.1, 0.15) is 0 Å². The molecule has 2 aliphatic carbocycles. The van der Waals surface area contributed by atoms with E-state index >= 15 is 0 Å². The zero-order chi connectivity index (χ0) is 12.5. The van der Waals surface area contributed by atoms with Crippen LogP contribution in [0, 0.1) is 0 Å². The number of benzene rings is 1. The highest BCUT2D eigenvalue weighted by Gasteiger charge is 2.30. The largest absolute Gasteiger partial charge is 0.0991 e. The van der Waals surface area contributed by atoms with E-state index in [-0.39, 0.29) is 0 Å². The van der Waals surface area contributed by atoms with Crippen LogP contribution >= 0.6 is 0 Å². The highest BCUT2D eigenvalue weighted by molar-refractivity contribution is 5.85. The fourth-order valence-electron chi connectivity index (χ4n) is 3.50. The molecule has 1 aromatic rings. The summed E-state index contributed by atoms with van der Waals surface area (Å²) in [4.78, 5) is 0. The molecule has 0 radical (unpaired) electrons. The van der Waals surface area contributed by atoms with Gasteiger partial charge in [-0.05, 0) is 48.4 Å². The molecule has 0 N–H and O–H groups in total. The molecular formula is C18H20. The van der Waals surface area contributed by atoms with Gasteiger partial charge in [0.25, 0.3) is 0 Å². The third-order valence-electron chi connectivity index (χ3n) is 4.37. The van der Waals surface area contributed by atoms with Crippen LogP contribution in [0.4, 0.5) is 0 Å². The maximum atomic E-state index is 3.78. The summed E-state index contributed by atoms with van der Waals surface area (Å²) in [5, 5.41) is 0. The van der Waals surface area contributed by atoms with Crippen molar-refractivity contribution >= 4 is 5.57 Å². The summed E-state index contributed by atoms with van der Waals surface area (Å²) in [5.74, 6) is 0.670. The lowest BCUT2D eigenvalue weighted by atomic mass is 9.91. The van der Waals surface area contributed by atoms with Crippen LogP contribution in [0.5, 0.6) is 0 Å². The molecule has 0 saturated heterocycles. The first kappa shape index (κ1) is 11.5. The van der Waals surface area contributed by atoms with Crippen molar-refractivity contribution in [2.24, 2.45) is 0 Å². The van der Waals surface area contributed by atoms with Gasteiger partial charge < -0.3 is 0 Å². The summed E-state index contributed by atoms with van der Waals surface area (Å²) in [6.07, 6.45) is 11.4. The van der Waals surface area contributed by atoms with Crippen LogP contribution in [-0.2, 0) is 6.42 Å². The number of hydrogen-bond acceptors (Lipinski definition) is 0. The van der Waals surface area contributed by atoms with Crippen molar-refractivity contribution < 1.29 is 0 Å². The van der Waals surface area contributed by atoms with Crippen molar-refractivity contribution in [1.29, 1.82) is 0 Å². The van der Waals surface area contributed by atoms with Gasteiger partial charge in [0.15, 0.2) is 0 Å². The summed E-state index contributed by atoms with van der Waals surface area (Å²) in [7, 11) is 0. The van der Waals surface area contributed by atoms with Crippen LogP contribution in [0.3, 0.4) is 0 Å². The zero-order valence-corrected chi connectivity index (χ0v) is 11.1. The first-order chi connectivity index (χ1) is 8.83. The smallest absolute Gasteiger partial charge is 0.00635 e. The molecule has 1 unspecified atom stereocenters. The highest BCUT2D eigenvalue weighted by Crippen LogP contribution is 2.47. The summed E-state index contributed by atoms with van der Waals surface area (Å²) < 4.78 is 0. The molecular weight excluding hydrogens is 216 g/mol. The maximum absolute atomic E-state index is 3.78. The molecule has 0 nitrogen and oxygen atoms in total. The molecule has 0 amide bonds. The molecule has 92 valence electrons. The average Bonchev–Trinajstić information content (AvgIpc) is 2.55. The monoisotopic (exact) mass is 236 g/mol. The van der Waals surface area contributed by atoms with E-state index in [1.165, 1.54) is 36.8 Å². The maximum Gasteiger partial charge on any atom is 0.00635 e. The Balaban J connectivity index is 2.17. The lowest BCUT2D eigenvalue weighted by Gasteiger charge is -2.13.